The normalized spacial score (nSPS) is 19.9. The number of carbonyl (C=O) groups excluding carboxylic acids is 2. The summed E-state index contributed by atoms with van der Waals surface area (Å²) in [5.74, 6) is -4.17. The van der Waals surface area contributed by atoms with Crippen molar-refractivity contribution in [3.63, 3.8) is 0 Å². The first kappa shape index (κ1) is 36.2. The first-order valence-electron chi connectivity index (χ1n) is 17.4. The van der Waals surface area contributed by atoms with Crippen LogP contribution in [0.25, 0.3) is 10.8 Å². The number of carbonyl (C=O) groups is 2. The minimum absolute atomic E-state index is 0.0295. The molecule has 0 fully saturated rings. The Balaban J connectivity index is 1.32. The van der Waals surface area contributed by atoms with E-state index >= 15 is 0 Å². The van der Waals surface area contributed by atoms with Gasteiger partial charge in [-0.15, -0.1) is 0 Å². The number of nitrogens with one attached hydrogen (secondary N) is 2. The van der Waals surface area contributed by atoms with E-state index in [1.54, 1.807) is 26.0 Å². The molecule has 0 heterocycles. The maximum absolute atomic E-state index is 13.6. The topological polar surface area (TPSA) is 180 Å². The zero-order valence-electron chi connectivity index (χ0n) is 29.5. The van der Waals surface area contributed by atoms with Gasteiger partial charge in [0, 0.05) is 41.8 Å². The van der Waals surface area contributed by atoms with Gasteiger partial charge in [0.25, 0.3) is 11.8 Å². The number of phenolic OH excluding ortho intramolecular Hbond substituents is 3. The highest BCUT2D eigenvalue weighted by Crippen LogP contribution is 2.50. The molecule has 10 heteroatoms. The Morgan fingerprint density at radius 3 is 1.90 bits per heavy atom. The Bertz CT molecular complexity index is 2140. The molecule has 0 bridgehead atoms. The van der Waals surface area contributed by atoms with Crippen LogP contribution in [0.2, 0.25) is 0 Å². The lowest BCUT2D eigenvalue weighted by Gasteiger charge is -2.37. The van der Waals surface area contributed by atoms with Crippen LogP contribution >= 0.6 is 0 Å². The van der Waals surface area contributed by atoms with Gasteiger partial charge in [0.05, 0.1) is 17.2 Å². The van der Waals surface area contributed by atoms with Crippen LogP contribution < -0.4 is 10.6 Å². The number of benzene rings is 4. The van der Waals surface area contributed by atoms with Gasteiger partial charge in [-0.1, -0.05) is 86.2 Å². The van der Waals surface area contributed by atoms with E-state index in [1.165, 1.54) is 6.07 Å². The molecule has 0 saturated carbocycles. The lowest BCUT2D eigenvalue weighted by Crippen LogP contribution is -2.37. The fraction of sp³-hybridized carbons (Fsp3) is 0.286. The van der Waals surface area contributed by atoms with Crippen molar-refractivity contribution in [3.05, 3.63) is 135 Å². The molecule has 8 N–H and O–H groups in total. The monoisotopic (exact) mass is 704 g/mol. The summed E-state index contributed by atoms with van der Waals surface area (Å²) in [7, 11) is 0. The number of hydrogen-bond donors (Lipinski definition) is 8. The first-order valence-corrected chi connectivity index (χ1v) is 17.4. The molecule has 2 aliphatic rings. The minimum Gasteiger partial charge on any atom is -0.509 e. The molecule has 4 aromatic rings. The summed E-state index contributed by atoms with van der Waals surface area (Å²) in [4.78, 5) is 27.1. The molecular weight excluding hydrogens is 660 g/mol. The molecule has 0 saturated heterocycles. The number of amides is 2. The van der Waals surface area contributed by atoms with Gasteiger partial charge in [0.15, 0.2) is 11.5 Å². The molecule has 10 nitrogen and oxygen atoms in total. The van der Waals surface area contributed by atoms with Crippen molar-refractivity contribution in [3.8, 4) is 17.2 Å². The van der Waals surface area contributed by atoms with E-state index in [2.05, 4.69) is 10.6 Å². The molecule has 270 valence electrons. The summed E-state index contributed by atoms with van der Waals surface area (Å²) in [6.07, 6.45) is -1.23. The van der Waals surface area contributed by atoms with Gasteiger partial charge in [-0.2, -0.15) is 0 Å². The highest BCUT2D eigenvalue weighted by atomic mass is 16.3. The van der Waals surface area contributed by atoms with Crippen LogP contribution in [-0.4, -0.2) is 67.8 Å². The van der Waals surface area contributed by atoms with Crippen LogP contribution in [0, 0.1) is 6.92 Å². The fourth-order valence-electron chi connectivity index (χ4n) is 7.45. The quantitative estimate of drug-likeness (QED) is 0.0978. The average molecular weight is 705 g/mol. The zero-order valence-corrected chi connectivity index (χ0v) is 29.5. The van der Waals surface area contributed by atoms with Crippen LogP contribution in [0.15, 0.2) is 107 Å². The lowest BCUT2D eigenvalue weighted by atomic mass is 9.71. The number of phenols is 3. The third kappa shape index (κ3) is 6.63. The number of aromatic hydroxyl groups is 3. The maximum Gasteiger partial charge on any atom is 0.255 e. The summed E-state index contributed by atoms with van der Waals surface area (Å²) in [5, 5.41) is 73.1. The summed E-state index contributed by atoms with van der Waals surface area (Å²) in [5.41, 5.74) is 3.71. The standard InChI is InChI=1S/C42H44N2O8/c1-21-15-27-29(17-31(45)39(49)35(27)41(51)43-19-23(3)25-11-7-5-8-12-25)37(47)33(21)34-22(2)16-28-30(38(34)48)18-32(46)40(50)36(28)42(52)44-20-24(4)26-13-9-6-10-14-26/h5-17,23-24,32,34,38,45-50H,18-20H2,1-4H3,(H,43,51)(H,44,52)/t23-,24+,32?,34-,38?/m0/s1. The van der Waals surface area contributed by atoms with Gasteiger partial charge in [-0.25, -0.2) is 0 Å². The van der Waals surface area contributed by atoms with Gasteiger partial charge in [0.2, 0.25) is 0 Å². The van der Waals surface area contributed by atoms with E-state index in [1.807, 2.05) is 74.5 Å². The van der Waals surface area contributed by atoms with E-state index in [9.17, 15) is 40.2 Å². The van der Waals surface area contributed by atoms with E-state index in [0.29, 0.717) is 27.8 Å². The molecule has 0 aromatic heterocycles. The predicted molar refractivity (Wildman–Crippen MR) is 199 cm³/mol. The Morgan fingerprint density at radius 2 is 1.33 bits per heavy atom. The molecule has 0 spiro atoms. The van der Waals surface area contributed by atoms with E-state index in [-0.39, 0.29) is 59.0 Å². The van der Waals surface area contributed by atoms with Crippen molar-refractivity contribution in [2.45, 2.75) is 64.1 Å². The maximum atomic E-state index is 13.6. The van der Waals surface area contributed by atoms with Gasteiger partial charge < -0.3 is 41.3 Å². The van der Waals surface area contributed by atoms with Crippen LogP contribution in [0.4, 0.5) is 0 Å². The van der Waals surface area contributed by atoms with Crippen molar-refractivity contribution in [1.82, 2.24) is 10.6 Å². The molecule has 52 heavy (non-hydrogen) atoms. The minimum atomic E-state index is -1.44. The van der Waals surface area contributed by atoms with Crippen LogP contribution in [0.5, 0.6) is 17.2 Å². The number of hydrogen-bond acceptors (Lipinski definition) is 8. The number of aryl methyl sites for hydroxylation is 1. The first-order chi connectivity index (χ1) is 24.8. The van der Waals surface area contributed by atoms with E-state index in [4.69, 9.17) is 0 Å². The zero-order chi connectivity index (χ0) is 37.4. The third-order valence-corrected chi connectivity index (χ3v) is 10.4. The Kier molecular flexibility index (Phi) is 10.2. The Morgan fingerprint density at radius 1 is 0.769 bits per heavy atom. The highest BCUT2D eigenvalue weighted by Gasteiger charge is 2.41. The second-order valence-electron chi connectivity index (χ2n) is 13.9. The molecule has 0 aliphatic heterocycles. The summed E-state index contributed by atoms with van der Waals surface area (Å²) in [6, 6.07) is 22.1. The highest BCUT2D eigenvalue weighted by molar-refractivity contribution is 6.12. The van der Waals surface area contributed by atoms with Crippen LogP contribution in [0.3, 0.4) is 0 Å². The van der Waals surface area contributed by atoms with Gasteiger partial charge in [0.1, 0.15) is 17.6 Å². The van der Waals surface area contributed by atoms with Gasteiger partial charge in [-0.05, 0) is 65.7 Å². The largest absolute Gasteiger partial charge is 0.509 e. The Hall–Kier alpha value is -5.58. The number of aliphatic hydroxyl groups excluding tert-OH is 3. The fourth-order valence-corrected chi connectivity index (χ4v) is 7.45. The SMILES string of the molecule is CC1=CC2=C(CC(O)C(O)=C2C(=O)NC[C@@H](C)c2ccccc2)C(O)[C@@H]1c1c(C)cc2c(C(=O)NC[C@H](C)c3ccccc3)c(O)c(O)cc2c1O. The second-order valence-corrected chi connectivity index (χ2v) is 13.9. The van der Waals surface area contributed by atoms with Crippen molar-refractivity contribution in [2.24, 2.45) is 0 Å². The molecule has 5 atom stereocenters. The number of allylic oxidation sites excluding steroid dienone is 1. The molecule has 4 aromatic carbocycles. The lowest BCUT2D eigenvalue weighted by molar-refractivity contribution is -0.117. The smallest absolute Gasteiger partial charge is 0.255 e. The molecule has 2 amide bonds. The van der Waals surface area contributed by atoms with E-state index in [0.717, 1.165) is 11.1 Å². The van der Waals surface area contributed by atoms with E-state index < -0.39 is 47.2 Å². The van der Waals surface area contributed by atoms with Crippen molar-refractivity contribution in [1.29, 1.82) is 0 Å². The molecule has 6 rings (SSSR count). The van der Waals surface area contributed by atoms with Gasteiger partial charge >= 0.3 is 0 Å². The number of rotatable bonds is 9. The van der Waals surface area contributed by atoms with Crippen LogP contribution in [0.1, 0.15) is 77.6 Å². The molecule has 2 unspecified atom stereocenters. The third-order valence-electron chi connectivity index (χ3n) is 10.4. The molecular formula is C42H44N2O8. The van der Waals surface area contributed by atoms with Crippen molar-refractivity contribution >= 4 is 22.6 Å². The summed E-state index contributed by atoms with van der Waals surface area (Å²) >= 11 is 0. The second kappa shape index (κ2) is 14.6. The number of fused-ring (bicyclic) bond motifs is 1. The van der Waals surface area contributed by atoms with Gasteiger partial charge in [-0.3, -0.25) is 9.59 Å². The molecule has 0 radical (unpaired) electrons. The van der Waals surface area contributed by atoms with Crippen molar-refractivity contribution in [2.75, 3.05) is 13.1 Å². The van der Waals surface area contributed by atoms with Crippen LogP contribution in [-0.2, 0) is 4.79 Å². The Labute approximate surface area is 302 Å². The number of aliphatic hydroxyl groups is 3. The van der Waals surface area contributed by atoms with Crippen molar-refractivity contribution < 1.29 is 40.2 Å². The average Bonchev–Trinajstić information content (AvgIpc) is 3.13. The summed E-state index contributed by atoms with van der Waals surface area (Å²) < 4.78 is 0. The predicted octanol–water partition coefficient (Wildman–Crippen LogP) is 6.00. The summed E-state index contributed by atoms with van der Waals surface area (Å²) in [6.45, 7) is 7.87. The molecule has 2 aliphatic carbocycles.